The Labute approximate surface area is 170 Å². The van der Waals surface area contributed by atoms with Crippen molar-refractivity contribution in [2.75, 3.05) is 32.7 Å². The van der Waals surface area contributed by atoms with Crippen LogP contribution < -0.4 is 5.32 Å². The van der Waals surface area contributed by atoms with Crippen LogP contribution in [0.3, 0.4) is 0 Å². The zero-order chi connectivity index (χ0) is 19.9. The molecule has 3 aliphatic heterocycles. The fraction of sp³-hybridized carbons (Fsp3) is 0.619. The number of benzene rings is 1. The van der Waals surface area contributed by atoms with E-state index in [4.69, 9.17) is 11.6 Å². The molecule has 1 N–H and O–H groups in total. The quantitative estimate of drug-likeness (QED) is 0.834. The number of halogens is 2. The molecule has 0 aromatic heterocycles. The predicted octanol–water partition coefficient (Wildman–Crippen LogP) is 2.93. The summed E-state index contributed by atoms with van der Waals surface area (Å²) in [5.74, 6) is -0.192. The molecule has 3 fully saturated rings. The van der Waals surface area contributed by atoms with Gasteiger partial charge >= 0.3 is 0 Å². The highest BCUT2D eigenvalue weighted by atomic mass is 35.5. The third kappa shape index (κ3) is 3.41. The van der Waals surface area contributed by atoms with E-state index in [1.54, 1.807) is 11.0 Å². The zero-order valence-electron chi connectivity index (χ0n) is 16.2. The van der Waals surface area contributed by atoms with Gasteiger partial charge in [0.05, 0.1) is 10.9 Å². The molecule has 152 valence electrons. The number of nitrogens with zero attached hydrogens (tertiary/aromatic N) is 2. The number of fused-ring (bicyclic) bond motifs is 2. The van der Waals surface area contributed by atoms with Crippen molar-refractivity contribution in [2.24, 2.45) is 11.8 Å². The van der Waals surface area contributed by atoms with Crippen LogP contribution in [-0.4, -0.2) is 59.9 Å². The molecular formula is C21H27ClFN3O2. The van der Waals surface area contributed by atoms with Gasteiger partial charge in [0.15, 0.2) is 0 Å². The lowest BCUT2D eigenvalue weighted by molar-refractivity contribution is -0.123. The van der Waals surface area contributed by atoms with Crippen molar-refractivity contribution < 1.29 is 14.0 Å². The Kier molecular flexibility index (Phi) is 5.36. The molecule has 2 atom stereocenters. The lowest BCUT2D eigenvalue weighted by Crippen LogP contribution is -2.56. The Morgan fingerprint density at radius 2 is 2.07 bits per heavy atom. The number of carbonyl (C=O) groups is 2. The van der Waals surface area contributed by atoms with Gasteiger partial charge in [-0.25, -0.2) is 4.39 Å². The normalized spacial score (nSPS) is 26.5. The molecule has 0 aliphatic carbocycles. The highest BCUT2D eigenvalue weighted by Gasteiger charge is 2.57. The summed E-state index contributed by atoms with van der Waals surface area (Å²) < 4.78 is 13.7. The van der Waals surface area contributed by atoms with E-state index in [1.807, 2.05) is 0 Å². The predicted molar refractivity (Wildman–Crippen MR) is 106 cm³/mol. The Hall–Kier alpha value is -1.66. The fourth-order valence-electron chi connectivity index (χ4n) is 5.12. The first-order chi connectivity index (χ1) is 13.4. The Morgan fingerprint density at radius 1 is 1.32 bits per heavy atom. The summed E-state index contributed by atoms with van der Waals surface area (Å²) in [5, 5.41) is 3.30. The van der Waals surface area contributed by atoms with Crippen molar-refractivity contribution in [1.82, 2.24) is 15.1 Å². The Bertz CT molecular complexity index is 779. The molecule has 3 aliphatic rings. The number of unbranched alkanes of at least 4 members (excludes halogenated alkanes) is 1. The van der Waals surface area contributed by atoms with E-state index in [1.165, 1.54) is 12.1 Å². The smallest absolute Gasteiger partial charge is 0.253 e. The number of likely N-dealkylation sites (tertiary alicyclic amines) is 2. The van der Waals surface area contributed by atoms with Crippen LogP contribution in [-0.2, 0) is 4.79 Å². The third-order valence-electron chi connectivity index (χ3n) is 6.75. The van der Waals surface area contributed by atoms with E-state index in [-0.39, 0.29) is 28.3 Å². The van der Waals surface area contributed by atoms with Crippen LogP contribution in [0.5, 0.6) is 0 Å². The Morgan fingerprint density at radius 3 is 2.75 bits per heavy atom. The molecule has 0 saturated carbocycles. The molecule has 0 unspecified atom stereocenters. The van der Waals surface area contributed by atoms with Crippen LogP contribution in [0.2, 0.25) is 5.02 Å². The van der Waals surface area contributed by atoms with Crippen molar-refractivity contribution in [3.63, 3.8) is 0 Å². The molecule has 3 heterocycles. The van der Waals surface area contributed by atoms with Gasteiger partial charge in [-0.2, -0.15) is 0 Å². The van der Waals surface area contributed by atoms with E-state index in [2.05, 4.69) is 17.1 Å². The van der Waals surface area contributed by atoms with E-state index < -0.39 is 5.82 Å². The van der Waals surface area contributed by atoms with E-state index in [0.29, 0.717) is 24.6 Å². The topological polar surface area (TPSA) is 52.7 Å². The summed E-state index contributed by atoms with van der Waals surface area (Å²) in [5.41, 5.74) is 0.114. The summed E-state index contributed by atoms with van der Waals surface area (Å²) in [6.45, 7) is 6.19. The molecule has 3 saturated heterocycles. The molecule has 1 aromatic carbocycles. The first kappa shape index (κ1) is 19.6. The number of piperidine rings is 1. The minimum atomic E-state index is -0.579. The van der Waals surface area contributed by atoms with Crippen molar-refractivity contribution in [2.45, 2.75) is 38.1 Å². The maximum Gasteiger partial charge on any atom is 0.253 e. The van der Waals surface area contributed by atoms with Gasteiger partial charge in [-0.15, -0.1) is 0 Å². The van der Waals surface area contributed by atoms with Crippen LogP contribution in [0, 0.1) is 17.7 Å². The summed E-state index contributed by atoms with van der Waals surface area (Å²) in [6.07, 6.45) is 3.83. The molecule has 1 spiro atoms. The van der Waals surface area contributed by atoms with Crippen LogP contribution in [0.1, 0.15) is 43.0 Å². The summed E-state index contributed by atoms with van der Waals surface area (Å²) in [4.78, 5) is 29.5. The number of nitrogens with one attached hydrogen (secondary N) is 1. The average molecular weight is 408 g/mol. The molecule has 2 amide bonds. The number of carbonyl (C=O) groups excluding carboxylic acids is 2. The average Bonchev–Trinajstić information content (AvgIpc) is 3.22. The number of amides is 2. The van der Waals surface area contributed by atoms with Crippen molar-refractivity contribution >= 4 is 23.4 Å². The Balaban J connectivity index is 1.42. The molecular weight excluding hydrogens is 381 g/mol. The number of hydrogen-bond acceptors (Lipinski definition) is 3. The molecule has 1 aromatic rings. The highest BCUT2D eigenvalue weighted by Crippen LogP contribution is 2.44. The number of rotatable bonds is 4. The van der Waals surface area contributed by atoms with Crippen molar-refractivity contribution in [3.8, 4) is 0 Å². The summed E-state index contributed by atoms with van der Waals surface area (Å²) in [7, 11) is 0. The maximum absolute atomic E-state index is 13.7. The van der Waals surface area contributed by atoms with Crippen molar-refractivity contribution in [1.29, 1.82) is 0 Å². The zero-order valence-corrected chi connectivity index (χ0v) is 17.0. The first-order valence-corrected chi connectivity index (χ1v) is 10.6. The minimum absolute atomic E-state index is 0.0164. The van der Waals surface area contributed by atoms with Gasteiger partial charge in [0.2, 0.25) is 5.91 Å². The second-order valence-electron chi connectivity index (χ2n) is 8.39. The van der Waals surface area contributed by atoms with E-state index in [0.717, 1.165) is 45.3 Å². The molecule has 0 bridgehead atoms. The number of hydrogen-bond donors (Lipinski definition) is 1. The lowest BCUT2D eigenvalue weighted by Gasteiger charge is -2.42. The van der Waals surface area contributed by atoms with Gasteiger partial charge in [-0.3, -0.25) is 9.59 Å². The monoisotopic (exact) mass is 407 g/mol. The summed E-state index contributed by atoms with van der Waals surface area (Å²) >= 11 is 5.72. The minimum Gasteiger partial charge on any atom is -0.350 e. The van der Waals surface area contributed by atoms with Gasteiger partial charge in [-0.1, -0.05) is 24.9 Å². The fourth-order valence-corrected chi connectivity index (χ4v) is 5.24. The third-order valence-corrected chi connectivity index (χ3v) is 7.06. The van der Waals surface area contributed by atoms with E-state index in [9.17, 15) is 14.0 Å². The second-order valence-corrected chi connectivity index (χ2v) is 8.80. The van der Waals surface area contributed by atoms with Gasteiger partial charge in [0.1, 0.15) is 5.82 Å². The van der Waals surface area contributed by atoms with E-state index >= 15 is 0 Å². The molecule has 5 nitrogen and oxygen atoms in total. The largest absolute Gasteiger partial charge is 0.350 e. The maximum atomic E-state index is 13.7. The standard InChI is InChI=1S/C21H27ClFN3O2/c1-2-3-8-25-12-15-16(13-25)21(24-19(15)27)6-9-26(10-7-21)20(28)14-4-5-17(22)18(23)11-14/h4-5,11,15-16H,2-3,6-10,12-13H2,1H3,(H,24,27)/t15-,16+/m1/s1. The molecule has 4 rings (SSSR count). The summed E-state index contributed by atoms with van der Waals surface area (Å²) in [6, 6.07) is 4.18. The SMILES string of the molecule is CCCCN1C[C@H]2C(=O)NC3(CCN(C(=O)c4ccc(Cl)c(F)c4)CC3)[C@H]2C1. The lowest BCUT2D eigenvalue weighted by atomic mass is 9.75. The van der Waals surface area contributed by atoms with Gasteiger partial charge < -0.3 is 15.1 Å². The highest BCUT2D eigenvalue weighted by molar-refractivity contribution is 6.30. The molecule has 0 radical (unpaired) electrons. The van der Waals surface area contributed by atoms with Crippen LogP contribution in [0.4, 0.5) is 4.39 Å². The van der Waals surface area contributed by atoms with Gasteiger partial charge in [0, 0.05) is 43.2 Å². The van der Waals surface area contributed by atoms with Crippen LogP contribution in [0.25, 0.3) is 0 Å². The van der Waals surface area contributed by atoms with Crippen molar-refractivity contribution in [3.05, 3.63) is 34.6 Å². The van der Waals surface area contributed by atoms with Crippen LogP contribution in [0.15, 0.2) is 18.2 Å². The first-order valence-electron chi connectivity index (χ1n) is 10.2. The van der Waals surface area contributed by atoms with Gasteiger partial charge in [0.25, 0.3) is 5.91 Å². The van der Waals surface area contributed by atoms with Crippen LogP contribution >= 0.6 is 11.6 Å². The molecule has 28 heavy (non-hydrogen) atoms. The second kappa shape index (κ2) is 7.64. The van der Waals surface area contributed by atoms with Gasteiger partial charge in [-0.05, 0) is 44.0 Å². The molecule has 7 heteroatoms.